The van der Waals surface area contributed by atoms with Crippen molar-refractivity contribution < 1.29 is 0 Å². The highest BCUT2D eigenvalue weighted by atomic mass is 32.1. The van der Waals surface area contributed by atoms with Crippen molar-refractivity contribution in [2.75, 3.05) is 0 Å². The summed E-state index contributed by atoms with van der Waals surface area (Å²) >= 11 is 5.69. The number of aryl methyl sites for hydroxylation is 1. The molecule has 0 aliphatic carbocycles. The third kappa shape index (κ3) is 3.06. The van der Waals surface area contributed by atoms with E-state index in [-0.39, 0.29) is 12.1 Å². The zero-order chi connectivity index (χ0) is 18.3. The van der Waals surface area contributed by atoms with Crippen LogP contribution in [-0.4, -0.2) is 25.6 Å². The van der Waals surface area contributed by atoms with E-state index in [1.165, 1.54) is 17.0 Å². The number of rotatable bonds is 4. The van der Waals surface area contributed by atoms with Crippen LogP contribution >= 0.6 is 12.2 Å². The van der Waals surface area contributed by atoms with Gasteiger partial charge in [-0.1, -0.05) is 6.07 Å². The maximum atomic E-state index is 5.69. The van der Waals surface area contributed by atoms with Gasteiger partial charge in [0.2, 0.25) is 0 Å². The number of hydrogen-bond acceptors (Lipinski definition) is 2. The molecule has 3 heterocycles. The molecule has 0 radical (unpaired) electrons. The van der Waals surface area contributed by atoms with Crippen molar-refractivity contribution in [1.82, 2.24) is 19.8 Å². The topological polar surface area (TPSA) is 33.1 Å². The standard InChI is InChI=1S/C20H28N4S/c1-12(2)23-14(5)11-16(15(23)6)19-18(17-9-7-8-10-21-17)22-20(25)24(19)13(3)4/h7-13,18-19H,1-6H3,(H,22,25)/t18-,19-/m1/s1. The first kappa shape index (κ1) is 17.9. The number of aromatic nitrogens is 2. The van der Waals surface area contributed by atoms with Gasteiger partial charge in [0.25, 0.3) is 0 Å². The summed E-state index contributed by atoms with van der Waals surface area (Å²) in [6, 6.07) is 9.38. The van der Waals surface area contributed by atoms with Crippen LogP contribution in [-0.2, 0) is 0 Å². The van der Waals surface area contributed by atoms with Crippen LogP contribution in [0.4, 0.5) is 0 Å². The Bertz CT molecular complexity index is 764. The quantitative estimate of drug-likeness (QED) is 0.820. The molecule has 0 unspecified atom stereocenters. The van der Waals surface area contributed by atoms with Gasteiger partial charge < -0.3 is 14.8 Å². The van der Waals surface area contributed by atoms with Crippen molar-refractivity contribution in [3.8, 4) is 0 Å². The molecule has 2 aromatic heterocycles. The first-order valence-electron chi connectivity index (χ1n) is 9.01. The smallest absolute Gasteiger partial charge is 0.170 e. The number of pyridine rings is 1. The molecule has 2 aromatic rings. The molecule has 2 atom stereocenters. The Kier molecular flexibility index (Phi) is 4.87. The number of thiocarbonyl (C=S) groups is 1. The van der Waals surface area contributed by atoms with E-state index in [1.54, 1.807) is 0 Å². The van der Waals surface area contributed by atoms with Gasteiger partial charge in [-0.25, -0.2) is 0 Å². The van der Waals surface area contributed by atoms with Gasteiger partial charge in [-0.15, -0.1) is 0 Å². The molecule has 25 heavy (non-hydrogen) atoms. The molecule has 0 bridgehead atoms. The molecule has 4 nitrogen and oxygen atoms in total. The van der Waals surface area contributed by atoms with Crippen molar-refractivity contribution in [2.45, 2.75) is 65.7 Å². The maximum Gasteiger partial charge on any atom is 0.170 e. The first-order valence-corrected chi connectivity index (χ1v) is 9.41. The molecule has 1 saturated heterocycles. The average Bonchev–Trinajstić information content (AvgIpc) is 3.04. The van der Waals surface area contributed by atoms with E-state index in [4.69, 9.17) is 12.2 Å². The summed E-state index contributed by atoms with van der Waals surface area (Å²) in [4.78, 5) is 6.92. The molecule has 0 amide bonds. The van der Waals surface area contributed by atoms with Crippen LogP contribution in [0.25, 0.3) is 0 Å². The van der Waals surface area contributed by atoms with Gasteiger partial charge in [-0.3, -0.25) is 4.98 Å². The fourth-order valence-corrected chi connectivity index (χ4v) is 4.60. The fraction of sp³-hybridized carbons (Fsp3) is 0.500. The second-order valence-electron chi connectivity index (χ2n) is 7.42. The molecule has 1 N–H and O–H groups in total. The molecule has 0 spiro atoms. The lowest BCUT2D eigenvalue weighted by Gasteiger charge is -2.31. The Hall–Kier alpha value is -1.88. The molecule has 0 saturated carbocycles. The van der Waals surface area contributed by atoms with E-state index in [2.05, 4.69) is 73.4 Å². The van der Waals surface area contributed by atoms with Crippen molar-refractivity contribution in [3.63, 3.8) is 0 Å². The molecular formula is C20H28N4S. The highest BCUT2D eigenvalue weighted by Crippen LogP contribution is 2.42. The number of hydrogen-bond donors (Lipinski definition) is 1. The van der Waals surface area contributed by atoms with Gasteiger partial charge in [-0.05, 0) is 77.5 Å². The SMILES string of the molecule is Cc1cc([C@@H]2[C@@H](c3ccccn3)NC(=S)N2C(C)C)c(C)n1C(C)C. The minimum absolute atomic E-state index is 0.0669. The zero-order valence-electron chi connectivity index (χ0n) is 15.9. The largest absolute Gasteiger partial charge is 0.352 e. The number of nitrogens with one attached hydrogen (secondary N) is 1. The highest BCUT2D eigenvalue weighted by molar-refractivity contribution is 7.80. The maximum absolute atomic E-state index is 5.69. The van der Waals surface area contributed by atoms with Crippen molar-refractivity contribution in [2.24, 2.45) is 0 Å². The Balaban J connectivity index is 2.14. The van der Waals surface area contributed by atoms with Crippen molar-refractivity contribution in [3.05, 3.63) is 53.1 Å². The van der Waals surface area contributed by atoms with Crippen molar-refractivity contribution in [1.29, 1.82) is 0 Å². The average molecular weight is 357 g/mol. The van der Waals surface area contributed by atoms with E-state index in [9.17, 15) is 0 Å². The number of nitrogens with zero attached hydrogens (tertiary/aromatic N) is 3. The lowest BCUT2D eigenvalue weighted by atomic mass is 9.96. The van der Waals surface area contributed by atoms with E-state index >= 15 is 0 Å². The Labute approximate surface area is 156 Å². The second kappa shape index (κ2) is 6.79. The highest BCUT2D eigenvalue weighted by Gasteiger charge is 2.42. The van der Waals surface area contributed by atoms with Gasteiger partial charge >= 0.3 is 0 Å². The molecule has 1 fully saturated rings. The Morgan fingerprint density at radius 3 is 2.36 bits per heavy atom. The predicted molar refractivity (Wildman–Crippen MR) is 107 cm³/mol. The monoisotopic (exact) mass is 356 g/mol. The van der Waals surface area contributed by atoms with E-state index < -0.39 is 0 Å². The molecule has 134 valence electrons. The molecule has 1 aliphatic rings. The molecule has 3 rings (SSSR count). The molecule has 0 aromatic carbocycles. The summed E-state index contributed by atoms with van der Waals surface area (Å²) in [6.45, 7) is 13.3. The third-order valence-electron chi connectivity index (χ3n) is 5.05. The van der Waals surface area contributed by atoms with Crippen molar-refractivity contribution >= 4 is 17.3 Å². The normalized spacial score (nSPS) is 20.6. The van der Waals surface area contributed by atoms with Crippen LogP contribution in [0, 0.1) is 13.8 Å². The molecule has 5 heteroatoms. The predicted octanol–water partition coefficient (Wildman–Crippen LogP) is 4.46. The summed E-state index contributed by atoms with van der Waals surface area (Å²) in [5, 5.41) is 4.33. The lowest BCUT2D eigenvalue weighted by molar-refractivity contribution is 0.268. The summed E-state index contributed by atoms with van der Waals surface area (Å²) in [5.41, 5.74) is 4.98. The molecular weight excluding hydrogens is 328 g/mol. The van der Waals surface area contributed by atoms with Crippen LogP contribution < -0.4 is 5.32 Å². The second-order valence-corrected chi connectivity index (χ2v) is 7.80. The Morgan fingerprint density at radius 1 is 1.12 bits per heavy atom. The zero-order valence-corrected chi connectivity index (χ0v) is 16.8. The summed E-state index contributed by atoms with van der Waals surface area (Å²) in [6.07, 6.45) is 1.85. The van der Waals surface area contributed by atoms with Gasteiger partial charge in [0.05, 0.1) is 17.8 Å². The van der Waals surface area contributed by atoms with Crippen LogP contribution in [0.15, 0.2) is 30.5 Å². The van der Waals surface area contributed by atoms with E-state index in [0.29, 0.717) is 12.1 Å². The van der Waals surface area contributed by atoms with E-state index in [0.717, 1.165) is 10.8 Å². The fourth-order valence-electron chi connectivity index (χ4n) is 4.15. The van der Waals surface area contributed by atoms with Crippen LogP contribution in [0.5, 0.6) is 0 Å². The summed E-state index contributed by atoms with van der Waals surface area (Å²) < 4.78 is 2.41. The Morgan fingerprint density at radius 2 is 1.84 bits per heavy atom. The van der Waals surface area contributed by atoms with E-state index in [1.807, 2.05) is 18.3 Å². The summed E-state index contributed by atoms with van der Waals surface area (Å²) in [5.74, 6) is 0. The minimum Gasteiger partial charge on any atom is -0.352 e. The van der Waals surface area contributed by atoms with Crippen LogP contribution in [0.3, 0.4) is 0 Å². The van der Waals surface area contributed by atoms with Crippen LogP contribution in [0.2, 0.25) is 0 Å². The first-order chi connectivity index (χ1) is 11.8. The third-order valence-corrected chi connectivity index (χ3v) is 5.38. The van der Waals surface area contributed by atoms with Gasteiger partial charge in [0.1, 0.15) is 0 Å². The van der Waals surface area contributed by atoms with Crippen LogP contribution in [0.1, 0.15) is 68.5 Å². The minimum atomic E-state index is 0.0669. The molecule has 1 aliphatic heterocycles. The van der Waals surface area contributed by atoms with Gasteiger partial charge in [0.15, 0.2) is 5.11 Å². The summed E-state index contributed by atoms with van der Waals surface area (Å²) in [7, 11) is 0. The van der Waals surface area contributed by atoms with Gasteiger partial charge in [-0.2, -0.15) is 0 Å². The lowest BCUT2D eigenvalue weighted by Crippen LogP contribution is -2.35. The van der Waals surface area contributed by atoms with Gasteiger partial charge in [0, 0.05) is 29.7 Å².